The maximum Gasteiger partial charge on any atom is 0.212 e. The van der Waals surface area contributed by atoms with E-state index in [9.17, 15) is 0 Å². The van der Waals surface area contributed by atoms with Gasteiger partial charge in [-0.1, -0.05) is 26.0 Å². The number of rotatable bonds is 5. The van der Waals surface area contributed by atoms with Crippen LogP contribution in [-0.2, 0) is 0 Å². The molecule has 0 unspecified atom stereocenters. The second-order valence-corrected chi connectivity index (χ2v) is 8.68. The Bertz CT molecular complexity index is 1100. The Morgan fingerprint density at radius 3 is 2.32 bits per heavy atom. The van der Waals surface area contributed by atoms with Crippen LogP contribution in [0.4, 0.5) is 0 Å². The van der Waals surface area contributed by atoms with Gasteiger partial charge in [-0.15, -0.1) is 11.8 Å². The maximum atomic E-state index is 5.17. The lowest BCUT2D eigenvalue weighted by molar-refractivity contribution is 0.398. The molecule has 0 spiro atoms. The zero-order chi connectivity index (χ0) is 19.7. The van der Waals surface area contributed by atoms with Gasteiger partial charge in [0.2, 0.25) is 5.88 Å². The number of hydrogen-bond acceptors (Lipinski definition) is 4. The summed E-state index contributed by atoms with van der Waals surface area (Å²) in [6.07, 6.45) is 5.92. The fraction of sp³-hybridized carbons (Fsp3) is 0.217. The number of benzene rings is 1. The minimum atomic E-state index is 0.574. The summed E-state index contributed by atoms with van der Waals surface area (Å²) in [5, 5.41) is 0.574. The highest BCUT2D eigenvalue weighted by atomic mass is 32.2. The van der Waals surface area contributed by atoms with Crippen LogP contribution in [0.3, 0.4) is 0 Å². The van der Waals surface area contributed by atoms with Crippen molar-refractivity contribution in [3.05, 3.63) is 66.6 Å². The van der Waals surface area contributed by atoms with Crippen molar-refractivity contribution in [3.8, 4) is 28.3 Å². The molecule has 0 fully saturated rings. The minimum Gasteiger partial charge on any atom is -0.481 e. The molecule has 5 heteroatoms. The molecular weight excluding hydrogens is 366 g/mol. The Morgan fingerprint density at radius 2 is 1.68 bits per heavy atom. The van der Waals surface area contributed by atoms with E-state index >= 15 is 0 Å². The molecule has 0 amide bonds. The van der Waals surface area contributed by atoms with E-state index in [0.29, 0.717) is 11.1 Å². The molecule has 3 heterocycles. The van der Waals surface area contributed by atoms with E-state index in [1.165, 1.54) is 4.90 Å². The first kappa shape index (κ1) is 18.6. The molecule has 0 atom stereocenters. The lowest BCUT2D eigenvalue weighted by atomic mass is 10.1. The topological polar surface area (TPSA) is 39.4 Å². The Labute approximate surface area is 169 Å². The second-order valence-electron chi connectivity index (χ2n) is 7.03. The van der Waals surface area contributed by atoms with E-state index < -0.39 is 0 Å². The quantitative estimate of drug-likeness (QED) is 0.400. The highest BCUT2D eigenvalue weighted by Crippen LogP contribution is 2.30. The molecule has 0 N–H and O–H groups in total. The number of pyridine rings is 2. The summed E-state index contributed by atoms with van der Waals surface area (Å²) in [5.41, 5.74) is 6.50. The van der Waals surface area contributed by atoms with E-state index in [2.05, 4.69) is 71.7 Å². The first-order valence-corrected chi connectivity index (χ1v) is 10.2. The van der Waals surface area contributed by atoms with Crippen molar-refractivity contribution in [2.75, 3.05) is 7.11 Å². The van der Waals surface area contributed by atoms with E-state index in [0.717, 1.165) is 33.6 Å². The van der Waals surface area contributed by atoms with E-state index in [4.69, 9.17) is 4.74 Å². The predicted octanol–water partition coefficient (Wildman–Crippen LogP) is 5.88. The summed E-state index contributed by atoms with van der Waals surface area (Å²) >= 11 is 1.87. The molecule has 0 saturated heterocycles. The summed E-state index contributed by atoms with van der Waals surface area (Å²) in [4.78, 5) is 10.3. The van der Waals surface area contributed by atoms with Gasteiger partial charge in [0.15, 0.2) is 0 Å². The smallest absolute Gasteiger partial charge is 0.212 e. The molecule has 0 aliphatic rings. The first-order chi connectivity index (χ1) is 13.5. The number of methoxy groups -OCH3 is 1. The fourth-order valence-electron chi connectivity index (χ4n) is 3.28. The molecule has 1 aromatic carbocycles. The third kappa shape index (κ3) is 3.62. The number of imidazole rings is 1. The van der Waals surface area contributed by atoms with Crippen molar-refractivity contribution in [3.63, 3.8) is 0 Å². The molecular formula is C23H23N3OS. The minimum absolute atomic E-state index is 0.574. The average molecular weight is 390 g/mol. The van der Waals surface area contributed by atoms with Gasteiger partial charge in [0.05, 0.1) is 19.0 Å². The zero-order valence-corrected chi connectivity index (χ0v) is 17.3. The van der Waals surface area contributed by atoms with Crippen molar-refractivity contribution in [2.24, 2.45) is 0 Å². The van der Waals surface area contributed by atoms with Gasteiger partial charge in [-0.05, 0) is 36.8 Å². The van der Waals surface area contributed by atoms with E-state index in [1.54, 1.807) is 7.11 Å². The van der Waals surface area contributed by atoms with Gasteiger partial charge in [0.1, 0.15) is 5.65 Å². The number of ether oxygens (including phenoxy) is 1. The SMILES string of the molecule is COc1ccc(-c2cc(C)c3ncc(-c4ccc(SC(C)C)cc4)n3c2)cn1. The summed E-state index contributed by atoms with van der Waals surface area (Å²) in [5.74, 6) is 0.615. The van der Waals surface area contributed by atoms with Crippen LogP contribution in [0.15, 0.2) is 66.0 Å². The number of nitrogens with zero attached hydrogens (tertiary/aromatic N) is 3. The summed E-state index contributed by atoms with van der Waals surface area (Å²) < 4.78 is 7.34. The van der Waals surface area contributed by atoms with Crippen LogP contribution >= 0.6 is 11.8 Å². The highest BCUT2D eigenvalue weighted by molar-refractivity contribution is 7.99. The van der Waals surface area contributed by atoms with Gasteiger partial charge in [-0.25, -0.2) is 9.97 Å². The van der Waals surface area contributed by atoms with Crippen LogP contribution in [0.5, 0.6) is 5.88 Å². The van der Waals surface area contributed by atoms with Gasteiger partial charge in [0, 0.05) is 45.3 Å². The molecule has 3 aromatic heterocycles. The molecule has 0 aliphatic heterocycles. The molecule has 4 nitrogen and oxygen atoms in total. The Balaban J connectivity index is 1.76. The van der Waals surface area contributed by atoms with Crippen LogP contribution in [-0.4, -0.2) is 26.7 Å². The lowest BCUT2D eigenvalue weighted by Gasteiger charge is -2.09. The van der Waals surface area contributed by atoms with Crippen LogP contribution in [0, 0.1) is 6.92 Å². The lowest BCUT2D eigenvalue weighted by Crippen LogP contribution is -1.94. The third-order valence-corrected chi connectivity index (χ3v) is 5.61. The van der Waals surface area contributed by atoms with Gasteiger partial charge in [-0.2, -0.15) is 0 Å². The van der Waals surface area contributed by atoms with Crippen molar-refractivity contribution in [1.29, 1.82) is 0 Å². The number of aromatic nitrogens is 3. The number of fused-ring (bicyclic) bond motifs is 1. The van der Waals surface area contributed by atoms with Crippen LogP contribution in [0.25, 0.3) is 28.0 Å². The van der Waals surface area contributed by atoms with Crippen molar-refractivity contribution in [1.82, 2.24) is 14.4 Å². The normalized spacial score (nSPS) is 11.3. The number of hydrogen-bond donors (Lipinski definition) is 0. The third-order valence-electron chi connectivity index (χ3n) is 4.59. The fourth-order valence-corrected chi connectivity index (χ4v) is 4.11. The van der Waals surface area contributed by atoms with Crippen LogP contribution in [0.2, 0.25) is 0 Å². The predicted molar refractivity (Wildman–Crippen MR) is 116 cm³/mol. The highest BCUT2D eigenvalue weighted by Gasteiger charge is 2.11. The number of aryl methyl sites for hydroxylation is 1. The molecule has 28 heavy (non-hydrogen) atoms. The van der Waals surface area contributed by atoms with Crippen molar-refractivity contribution < 1.29 is 4.74 Å². The number of thioether (sulfide) groups is 1. The van der Waals surface area contributed by atoms with Gasteiger partial charge >= 0.3 is 0 Å². The second kappa shape index (κ2) is 7.68. The van der Waals surface area contributed by atoms with Crippen LogP contribution in [0.1, 0.15) is 19.4 Å². The summed E-state index contributed by atoms with van der Waals surface area (Å²) in [6, 6.07) is 14.8. The van der Waals surface area contributed by atoms with Gasteiger partial charge in [-0.3, -0.25) is 4.40 Å². The monoisotopic (exact) mass is 389 g/mol. The van der Waals surface area contributed by atoms with Gasteiger partial charge < -0.3 is 4.74 Å². The standard InChI is InChI=1S/C23H23N3OS/c1-15(2)28-20-8-5-17(6-9-20)21-13-25-23-16(3)11-19(14-26(21)23)18-7-10-22(27-4)24-12-18/h5-15H,1-4H3. The van der Waals surface area contributed by atoms with E-state index in [-0.39, 0.29) is 0 Å². The Hall–Kier alpha value is -2.79. The van der Waals surface area contributed by atoms with Crippen LogP contribution < -0.4 is 4.74 Å². The first-order valence-electron chi connectivity index (χ1n) is 9.30. The molecule has 0 bridgehead atoms. The molecule has 0 saturated carbocycles. The molecule has 142 valence electrons. The molecule has 4 rings (SSSR count). The Morgan fingerprint density at radius 1 is 0.929 bits per heavy atom. The summed E-state index contributed by atoms with van der Waals surface area (Å²) in [6.45, 7) is 6.51. The maximum absolute atomic E-state index is 5.17. The summed E-state index contributed by atoms with van der Waals surface area (Å²) in [7, 11) is 1.63. The largest absolute Gasteiger partial charge is 0.481 e. The Kier molecular flexibility index (Phi) is 5.09. The van der Waals surface area contributed by atoms with Crippen molar-refractivity contribution in [2.45, 2.75) is 30.9 Å². The average Bonchev–Trinajstić information content (AvgIpc) is 3.13. The molecule has 0 aliphatic carbocycles. The van der Waals surface area contributed by atoms with E-state index in [1.807, 2.05) is 36.3 Å². The molecule has 0 radical (unpaired) electrons. The van der Waals surface area contributed by atoms with Gasteiger partial charge in [0.25, 0.3) is 0 Å². The zero-order valence-electron chi connectivity index (χ0n) is 16.5. The van der Waals surface area contributed by atoms with Crippen molar-refractivity contribution >= 4 is 17.4 Å². The molecule has 4 aromatic rings.